The summed E-state index contributed by atoms with van der Waals surface area (Å²) in [7, 11) is -2.42. The number of pyridine rings is 1. The van der Waals surface area contributed by atoms with Crippen LogP contribution in [0.25, 0.3) is 22.0 Å². The van der Waals surface area contributed by atoms with Gasteiger partial charge in [-0.2, -0.15) is 0 Å². The van der Waals surface area contributed by atoms with E-state index in [1.807, 2.05) is 37.3 Å². The highest BCUT2D eigenvalue weighted by molar-refractivity contribution is 7.91. The Kier molecular flexibility index (Phi) is 11.4. The molecule has 0 radical (unpaired) electrons. The van der Waals surface area contributed by atoms with Crippen LogP contribution in [0.1, 0.15) is 97.8 Å². The van der Waals surface area contributed by atoms with Crippen molar-refractivity contribution in [2.45, 2.75) is 121 Å². The number of Topliss-reactive ketones (excluding diaryl/α,β-unsaturated/α-hetero) is 1. The van der Waals surface area contributed by atoms with Crippen molar-refractivity contribution in [2.75, 3.05) is 13.7 Å². The zero-order chi connectivity index (χ0) is 44.4. The van der Waals surface area contributed by atoms with Crippen molar-refractivity contribution >= 4 is 44.4 Å². The number of aromatic nitrogens is 1. The maximum Gasteiger partial charge on any atom is 0.306 e. The number of sulfonamides is 1. The highest BCUT2D eigenvalue weighted by Gasteiger charge is 2.63. The molecule has 1 unspecified atom stereocenters. The Labute approximate surface area is 368 Å². The number of allylic oxidation sites excluding steroid dienone is 2. The van der Waals surface area contributed by atoms with E-state index in [0.717, 1.165) is 24.6 Å². The normalized spacial score (nSPS) is 32.9. The molecule has 2 amide bonds. The number of ketones is 1. The number of carbonyl (C=O) groups excluding carboxylic acids is 4. The molecule has 10 atom stereocenters. The first-order chi connectivity index (χ1) is 30.0. The number of nitrogens with one attached hydrogen (secondary N) is 1. The minimum atomic E-state index is -3.99. The van der Waals surface area contributed by atoms with Crippen LogP contribution in [0, 0.1) is 46.7 Å². The van der Waals surface area contributed by atoms with Crippen LogP contribution in [-0.4, -0.2) is 78.5 Å². The second-order valence-electron chi connectivity index (χ2n) is 19.9. The van der Waals surface area contributed by atoms with E-state index < -0.39 is 55.9 Å². The molecule has 3 aromatic rings. The van der Waals surface area contributed by atoms with Crippen LogP contribution < -0.4 is 14.2 Å². The van der Waals surface area contributed by atoms with Gasteiger partial charge in [-0.3, -0.25) is 23.9 Å². The second kappa shape index (κ2) is 16.6. The lowest BCUT2D eigenvalue weighted by molar-refractivity contribution is -0.155. The van der Waals surface area contributed by atoms with Crippen molar-refractivity contribution in [1.82, 2.24) is 14.6 Å². The van der Waals surface area contributed by atoms with Crippen molar-refractivity contribution in [1.29, 1.82) is 0 Å². The third kappa shape index (κ3) is 8.85. The zero-order valence-electron chi connectivity index (χ0n) is 36.5. The Morgan fingerprint density at radius 3 is 2.43 bits per heavy atom. The highest BCUT2D eigenvalue weighted by Crippen LogP contribution is 2.58. The summed E-state index contributed by atoms with van der Waals surface area (Å²) in [4.78, 5) is 64.4. The molecule has 6 aliphatic rings. The van der Waals surface area contributed by atoms with E-state index in [2.05, 4.69) is 11.6 Å². The molecule has 2 aliphatic heterocycles. The van der Waals surface area contributed by atoms with E-state index in [1.54, 1.807) is 32.2 Å². The Balaban J connectivity index is 1.05. The fraction of sp³-hybridized carbons (Fsp3) is 0.571. The van der Waals surface area contributed by atoms with Crippen molar-refractivity contribution < 1.29 is 46.2 Å². The number of amides is 2. The Morgan fingerprint density at radius 1 is 0.968 bits per heavy atom. The van der Waals surface area contributed by atoms with Gasteiger partial charge in [-0.05, 0) is 148 Å². The minimum absolute atomic E-state index is 0.00438. The van der Waals surface area contributed by atoms with Crippen LogP contribution in [0.4, 0.5) is 4.39 Å². The molecule has 4 saturated carbocycles. The number of methoxy groups -OCH3 is 1. The molecule has 4 aliphatic carbocycles. The summed E-state index contributed by atoms with van der Waals surface area (Å²) < 4.78 is 60.3. The lowest BCUT2D eigenvalue weighted by atomic mass is 9.82. The average Bonchev–Trinajstić information content (AvgIpc) is 4.21. The molecule has 0 bridgehead atoms. The summed E-state index contributed by atoms with van der Waals surface area (Å²) in [6.07, 6.45) is 9.03. The Bertz CT molecular complexity index is 2440. The summed E-state index contributed by atoms with van der Waals surface area (Å²) in [5.41, 5.74) is -0.135. The van der Waals surface area contributed by atoms with Crippen molar-refractivity contribution in [3.8, 4) is 22.9 Å². The first-order valence-corrected chi connectivity index (χ1v) is 24.2. The number of hydrogen-bond acceptors (Lipinski definition) is 10. The van der Waals surface area contributed by atoms with Crippen LogP contribution in [0.5, 0.6) is 11.6 Å². The summed E-state index contributed by atoms with van der Waals surface area (Å²) >= 11 is 0. The molecule has 3 heterocycles. The van der Waals surface area contributed by atoms with Gasteiger partial charge in [0.1, 0.15) is 23.8 Å². The fourth-order valence-electron chi connectivity index (χ4n) is 10.6. The lowest BCUT2D eigenvalue weighted by Gasteiger charge is -2.32. The number of rotatable bonds is 10. The first kappa shape index (κ1) is 43.4. The minimum Gasteiger partial charge on any atom is -0.497 e. The topological polar surface area (TPSA) is 158 Å². The molecular weight excluding hydrogens is 826 g/mol. The van der Waals surface area contributed by atoms with Gasteiger partial charge in [0.05, 0.1) is 47.9 Å². The first-order valence-electron chi connectivity index (χ1n) is 22.7. The molecule has 2 aromatic carbocycles. The fourth-order valence-corrected chi connectivity index (χ4v) is 11.9. The third-order valence-electron chi connectivity index (χ3n) is 15.1. The van der Waals surface area contributed by atoms with Gasteiger partial charge in [0.25, 0.3) is 0 Å². The monoisotopic (exact) mass is 883 g/mol. The zero-order valence-corrected chi connectivity index (χ0v) is 37.3. The molecule has 9 rings (SSSR count). The van der Waals surface area contributed by atoms with Crippen LogP contribution in [0.15, 0.2) is 60.7 Å². The largest absolute Gasteiger partial charge is 0.497 e. The second-order valence-corrected chi connectivity index (χ2v) is 22.1. The van der Waals surface area contributed by atoms with Crippen molar-refractivity contribution in [2.24, 2.45) is 40.9 Å². The third-order valence-corrected chi connectivity index (χ3v) is 17.3. The maximum absolute atomic E-state index is 15.2. The molecule has 1 aromatic heterocycles. The number of carbonyl (C=O) groups is 4. The van der Waals surface area contributed by atoms with Gasteiger partial charge in [0.2, 0.25) is 27.7 Å². The SMILES string of the molecule is COc1ccc2c(O[C@@H]3C[C@H]4C(=O)C[C@]5(C(=O)NS(=O)(=O)C6(C)CC6)C[C@H]5/C=C\CC[C@@H](C)C[C@@H](C)[C@H](CC(=O)OC5C[C@@H]6C[C@@H]6C5)C(=O)N4C3)nc(-c3ccc(F)cc3)cc2c1. The van der Waals surface area contributed by atoms with E-state index in [1.165, 1.54) is 23.5 Å². The van der Waals surface area contributed by atoms with Gasteiger partial charge < -0.3 is 19.1 Å². The number of fused-ring (bicyclic) bond motifs is 4. The highest BCUT2D eigenvalue weighted by atomic mass is 32.2. The van der Waals surface area contributed by atoms with Gasteiger partial charge >= 0.3 is 5.97 Å². The Morgan fingerprint density at radius 2 is 1.71 bits per heavy atom. The summed E-state index contributed by atoms with van der Waals surface area (Å²) in [6, 6.07) is 12.2. The Hall–Kier alpha value is -4.85. The number of esters is 1. The number of nitrogens with zero attached hydrogens (tertiary/aromatic N) is 2. The van der Waals surface area contributed by atoms with E-state index in [-0.39, 0.29) is 67.2 Å². The van der Waals surface area contributed by atoms with E-state index in [4.69, 9.17) is 19.2 Å². The molecule has 63 heavy (non-hydrogen) atoms. The lowest BCUT2D eigenvalue weighted by Crippen LogP contribution is -2.48. The van der Waals surface area contributed by atoms with Gasteiger partial charge in [-0.1, -0.05) is 26.0 Å². The maximum atomic E-state index is 15.2. The van der Waals surface area contributed by atoms with Crippen LogP contribution in [-0.2, 0) is 33.9 Å². The predicted octanol–water partition coefficient (Wildman–Crippen LogP) is 7.72. The molecule has 1 N–H and O–H groups in total. The number of hydrogen-bond donors (Lipinski definition) is 1. The standard InChI is InChI=1S/C49H58FN3O9S/c1-28-7-5-6-8-34-25-49(34,47(57)52-63(58,59)48(3)15-16-48)26-43(54)42-23-38(27-53(42)46(56)40(29(2)17-28)24-44(55)61-37-19-31-18-32(31)20-37)62-45-39-14-13-36(60-4)21-33(39)22-41(51-45)30-9-11-35(50)12-10-30/h6,8-14,21-22,28-29,31-32,34,37-38,40,42H,5,7,15-20,23-27H2,1-4H3,(H,52,57)/b8-6-/t28-,29-,31-,32+,34-,37?,38-,40+,42+,49-/m1/s1. The molecule has 5 fully saturated rings. The van der Waals surface area contributed by atoms with Crippen molar-refractivity contribution in [3.05, 3.63) is 66.5 Å². The summed E-state index contributed by atoms with van der Waals surface area (Å²) in [5.74, 6) is -1.31. The van der Waals surface area contributed by atoms with Crippen molar-refractivity contribution in [3.63, 3.8) is 0 Å². The summed E-state index contributed by atoms with van der Waals surface area (Å²) in [6.45, 7) is 5.74. The summed E-state index contributed by atoms with van der Waals surface area (Å²) in [5, 5.41) is 1.40. The number of benzene rings is 2. The van der Waals surface area contributed by atoms with E-state index >= 15 is 4.79 Å². The average molecular weight is 884 g/mol. The molecule has 336 valence electrons. The quantitative estimate of drug-likeness (QED) is 0.158. The molecule has 0 spiro atoms. The van der Waals surface area contributed by atoms with Crippen LogP contribution >= 0.6 is 0 Å². The molecular formula is C49H58FN3O9S. The van der Waals surface area contributed by atoms with Gasteiger partial charge in [0.15, 0.2) is 5.78 Å². The van der Waals surface area contributed by atoms with Gasteiger partial charge in [-0.25, -0.2) is 17.8 Å². The number of halogens is 1. The molecule has 1 saturated heterocycles. The molecule has 12 nitrogen and oxygen atoms in total. The van der Waals surface area contributed by atoms with Crippen LogP contribution in [0.3, 0.4) is 0 Å². The predicted molar refractivity (Wildman–Crippen MR) is 233 cm³/mol. The van der Waals surface area contributed by atoms with E-state index in [0.29, 0.717) is 66.3 Å². The molecule has 14 heteroatoms. The van der Waals surface area contributed by atoms with E-state index in [9.17, 15) is 27.2 Å². The van der Waals surface area contributed by atoms with Gasteiger partial charge in [0, 0.05) is 23.8 Å². The van der Waals surface area contributed by atoms with Gasteiger partial charge in [-0.15, -0.1) is 0 Å². The van der Waals surface area contributed by atoms with Crippen LogP contribution in [0.2, 0.25) is 0 Å². The number of ether oxygens (including phenoxy) is 3. The smallest absolute Gasteiger partial charge is 0.306 e.